The van der Waals surface area contributed by atoms with Crippen LogP contribution in [0.1, 0.15) is 152 Å². The molecular formula is C57H79FN2O8. The van der Waals surface area contributed by atoms with Crippen LogP contribution in [0.3, 0.4) is 0 Å². The van der Waals surface area contributed by atoms with E-state index < -0.39 is 23.8 Å². The molecule has 372 valence electrons. The van der Waals surface area contributed by atoms with Crippen molar-refractivity contribution in [2.75, 3.05) is 33.0 Å². The molecule has 0 saturated heterocycles. The smallest absolute Gasteiger partial charge is 0.410 e. The Hall–Kier alpha value is -4.71. The van der Waals surface area contributed by atoms with Crippen molar-refractivity contribution in [1.29, 1.82) is 0 Å². The monoisotopic (exact) mass is 939 g/mol. The van der Waals surface area contributed by atoms with Crippen LogP contribution in [0, 0.1) is 23.6 Å². The number of nitrogens with zero attached hydrogens (tertiary/aromatic N) is 2. The van der Waals surface area contributed by atoms with Crippen LogP contribution in [0.15, 0.2) is 102 Å². The van der Waals surface area contributed by atoms with E-state index in [4.69, 9.17) is 28.9 Å². The molecule has 1 fully saturated rings. The minimum Gasteiger partial charge on any atom is -0.489 e. The normalized spacial score (nSPS) is 22.1. The molecule has 0 unspecified atom stereocenters. The molecule has 0 spiro atoms. The summed E-state index contributed by atoms with van der Waals surface area (Å²) in [5.74, 6) is -1.13. The lowest BCUT2D eigenvalue weighted by atomic mass is 9.55. The van der Waals surface area contributed by atoms with Crippen LogP contribution < -0.4 is 9.47 Å². The van der Waals surface area contributed by atoms with Gasteiger partial charge in [-0.3, -0.25) is 4.90 Å². The number of oxime groups is 1. The van der Waals surface area contributed by atoms with Crippen LogP contribution >= 0.6 is 0 Å². The predicted octanol–water partition coefficient (Wildman–Crippen LogP) is 13.0. The number of ether oxygens (including phenoxy) is 4. The van der Waals surface area contributed by atoms with E-state index in [1.807, 2.05) is 53.4 Å². The number of hydrogen-bond donors (Lipinski definition) is 2. The molecule has 6 rings (SSSR count). The van der Waals surface area contributed by atoms with E-state index in [-0.39, 0.29) is 63.0 Å². The Balaban J connectivity index is 1.41. The minimum absolute atomic E-state index is 0.0401. The van der Waals surface area contributed by atoms with Crippen molar-refractivity contribution >= 4 is 11.8 Å². The van der Waals surface area contributed by atoms with Gasteiger partial charge < -0.3 is 34.0 Å². The summed E-state index contributed by atoms with van der Waals surface area (Å²) in [5.41, 5.74) is 4.04. The molecule has 68 heavy (non-hydrogen) atoms. The van der Waals surface area contributed by atoms with Gasteiger partial charge in [-0.1, -0.05) is 150 Å². The number of carbonyl (C=O) groups is 1. The first-order valence-corrected chi connectivity index (χ1v) is 25.9. The maximum atomic E-state index is 14.8. The number of allylic oxidation sites excluding steroid dienone is 1. The van der Waals surface area contributed by atoms with Crippen molar-refractivity contribution in [1.82, 2.24) is 4.90 Å². The Morgan fingerprint density at radius 1 is 0.853 bits per heavy atom. The molecule has 0 radical (unpaired) electrons. The molecule has 11 heteroatoms. The molecule has 1 aliphatic heterocycles. The van der Waals surface area contributed by atoms with Gasteiger partial charge >= 0.3 is 6.09 Å². The van der Waals surface area contributed by atoms with Crippen molar-refractivity contribution in [3.8, 4) is 11.5 Å². The van der Waals surface area contributed by atoms with Gasteiger partial charge in [0.25, 0.3) is 0 Å². The van der Waals surface area contributed by atoms with Crippen molar-refractivity contribution in [3.63, 3.8) is 0 Å². The molecule has 6 atom stereocenters. The van der Waals surface area contributed by atoms with Crippen LogP contribution in [-0.4, -0.2) is 71.7 Å². The van der Waals surface area contributed by atoms with E-state index >= 15 is 0 Å². The topological polar surface area (TPSA) is 119 Å². The Kier molecular flexibility index (Phi) is 21.7. The number of aliphatic hydroxyl groups excluding tert-OH is 2. The minimum atomic E-state index is -1.40. The number of aliphatic hydroxyl groups is 2. The average molecular weight is 939 g/mol. The molecule has 1 saturated carbocycles. The summed E-state index contributed by atoms with van der Waals surface area (Å²) < 4.78 is 41.9. The van der Waals surface area contributed by atoms with Gasteiger partial charge in [0.2, 0.25) is 5.79 Å². The third kappa shape index (κ3) is 14.0. The summed E-state index contributed by atoms with van der Waals surface area (Å²) in [5, 5.41) is 25.0. The van der Waals surface area contributed by atoms with Gasteiger partial charge in [0.15, 0.2) is 0 Å². The average Bonchev–Trinajstić information content (AvgIpc) is 3.35. The highest BCUT2D eigenvalue weighted by atomic mass is 19.1. The summed E-state index contributed by atoms with van der Waals surface area (Å²) in [6.45, 7) is 9.75. The Morgan fingerprint density at radius 3 is 2.26 bits per heavy atom. The lowest BCUT2D eigenvalue weighted by molar-refractivity contribution is -0.255. The van der Waals surface area contributed by atoms with Gasteiger partial charge in [-0.05, 0) is 85.8 Å². The lowest BCUT2D eigenvalue weighted by Crippen LogP contribution is -2.70. The van der Waals surface area contributed by atoms with Crippen molar-refractivity contribution in [2.45, 2.75) is 160 Å². The zero-order chi connectivity index (χ0) is 48.0. The van der Waals surface area contributed by atoms with E-state index in [9.17, 15) is 19.4 Å². The van der Waals surface area contributed by atoms with Crippen LogP contribution in [0.2, 0.25) is 0 Å². The summed E-state index contributed by atoms with van der Waals surface area (Å²) in [7, 11) is 0. The molecule has 0 bridgehead atoms. The first kappa shape index (κ1) is 52.7. The number of amides is 1. The first-order chi connectivity index (χ1) is 33.4. The number of rotatable bonds is 31. The second-order valence-electron chi connectivity index (χ2n) is 18.9. The van der Waals surface area contributed by atoms with Gasteiger partial charge in [0.1, 0.15) is 36.6 Å². The van der Waals surface area contributed by atoms with Gasteiger partial charge in [-0.2, -0.15) is 0 Å². The lowest BCUT2D eigenvalue weighted by Gasteiger charge is -2.59. The van der Waals surface area contributed by atoms with E-state index in [1.165, 1.54) is 51.0 Å². The fourth-order valence-corrected chi connectivity index (χ4v) is 10.7. The third-order valence-corrected chi connectivity index (χ3v) is 14.0. The maximum Gasteiger partial charge on any atom is 0.410 e. The maximum absolute atomic E-state index is 14.8. The van der Waals surface area contributed by atoms with E-state index in [0.717, 1.165) is 67.4 Å². The van der Waals surface area contributed by atoms with Crippen molar-refractivity contribution in [3.05, 3.63) is 120 Å². The van der Waals surface area contributed by atoms with E-state index in [1.54, 1.807) is 24.3 Å². The molecular weight excluding hydrogens is 860 g/mol. The fourth-order valence-electron chi connectivity index (χ4n) is 10.7. The number of halogens is 1. The molecule has 2 aliphatic carbocycles. The van der Waals surface area contributed by atoms with E-state index in [2.05, 4.69) is 26.5 Å². The highest BCUT2D eigenvalue weighted by molar-refractivity contribution is 6.03. The van der Waals surface area contributed by atoms with Gasteiger partial charge in [-0.25, -0.2) is 9.18 Å². The predicted molar refractivity (Wildman–Crippen MR) is 267 cm³/mol. The molecule has 2 N–H and O–H groups in total. The van der Waals surface area contributed by atoms with Gasteiger partial charge in [0.05, 0.1) is 24.8 Å². The second-order valence-corrected chi connectivity index (χ2v) is 18.9. The highest BCUT2D eigenvalue weighted by Crippen LogP contribution is 2.62. The molecule has 1 heterocycles. The second kappa shape index (κ2) is 28.1. The molecule has 3 aromatic carbocycles. The summed E-state index contributed by atoms with van der Waals surface area (Å²) in [4.78, 5) is 22.7. The standard InChI is InChI=1S/C57H79FN2O8/c1-4-7-8-9-10-11-12-13-14-24-37-64-56(63)60(33-5-2)53-40-51(59-67-41-43-25-16-15-17-26-43)48-38-44(27-20-22-34-61)47(29-21-23-35-62)54-49-39-46(65-42-45-28-18-19-30-50(45)58)31-32-52(49)68-57(53,55(48)54)66-36-6-3/h6,15-19,25-26,28,30-32,38-39,44,47,53-55,61-62H,3-5,7-14,20-24,27,29,33-37,40-42H2,1-2H3/t44-,47+,53-,54+,55+,57+/m0/s1. The highest BCUT2D eigenvalue weighted by Gasteiger charge is 2.65. The van der Waals surface area contributed by atoms with Crippen molar-refractivity contribution < 1.29 is 43.2 Å². The third-order valence-electron chi connectivity index (χ3n) is 14.0. The number of hydrogen-bond acceptors (Lipinski definition) is 9. The molecule has 0 aromatic heterocycles. The zero-order valence-corrected chi connectivity index (χ0v) is 41.0. The van der Waals surface area contributed by atoms with Crippen molar-refractivity contribution in [2.24, 2.45) is 22.9 Å². The number of fused-ring (bicyclic) bond motifs is 2. The number of unbranched alkanes of at least 4 members (excludes halogenated alkanes) is 11. The Morgan fingerprint density at radius 2 is 1.56 bits per heavy atom. The van der Waals surface area contributed by atoms with E-state index in [0.29, 0.717) is 49.5 Å². The summed E-state index contributed by atoms with van der Waals surface area (Å²) in [6, 6.07) is 21.7. The first-order valence-electron chi connectivity index (χ1n) is 25.9. The molecule has 3 aliphatic rings. The molecule has 10 nitrogen and oxygen atoms in total. The van der Waals surface area contributed by atoms with Gasteiger partial charge in [0, 0.05) is 43.2 Å². The quantitative estimate of drug-likeness (QED) is 0.0372. The van der Waals surface area contributed by atoms with Crippen LogP contribution in [0.5, 0.6) is 11.5 Å². The number of carbonyl (C=O) groups excluding carboxylic acids is 1. The molecule has 3 aromatic rings. The Labute approximate surface area is 405 Å². The van der Waals surface area contributed by atoms with Gasteiger partial charge in [-0.15, -0.1) is 6.58 Å². The SMILES string of the molecule is C=CCO[C@@]12Oc3ccc(OCc4ccccc4F)cc3[C@H]3[C@H](CCCCO)[C@@H](CCCCO)C=C(C(=NOCc4ccccc4)C[C@@H]1N(CCC)C(=O)OCCCCCCCCCCCC)[C@H]32. The van der Waals surface area contributed by atoms with Crippen LogP contribution in [-0.2, 0) is 27.5 Å². The fraction of sp³-hybridized carbons (Fsp3) is 0.579. The summed E-state index contributed by atoms with van der Waals surface area (Å²) in [6.07, 6.45) is 21.0. The Bertz CT molecular complexity index is 2040. The number of benzene rings is 3. The largest absolute Gasteiger partial charge is 0.489 e. The zero-order valence-electron chi connectivity index (χ0n) is 41.0. The van der Waals surface area contributed by atoms with Crippen LogP contribution in [0.4, 0.5) is 9.18 Å². The summed E-state index contributed by atoms with van der Waals surface area (Å²) >= 11 is 0. The molecule has 1 amide bonds. The van der Waals surface area contributed by atoms with Crippen LogP contribution in [0.25, 0.3) is 0 Å².